The highest BCUT2D eigenvalue weighted by Gasteiger charge is 2.42. The molecule has 1 aromatic heterocycles. The van der Waals surface area contributed by atoms with E-state index in [1.54, 1.807) is 11.3 Å². The Kier molecular flexibility index (Phi) is 8.44. The van der Waals surface area contributed by atoms with Gasteiger partial charge in [0, 0.05) is 19.5 Å². The summed E-state index contributed by atoms with van der Waals surface area (Å²) < 4.78 is 0. The third-order valence-corrected chi connectivity index (χ3v) is 6.77. The molecule has 1 saturated heterocycles. The van der Waals surface area contributed by atoms with Gasteiger partial charge >= 0.3 is 0 Å². The van der Waals surface area contributed by atoms with Crippen molar-refractivity contribution in [2.24, 2.45) is 11.1 Å². The number of amides is 2. The van der Waals surface area contributed by atoms with Crippen LogP contribution in [0.4, 0.5) is 0 Å². The Morgan fingerprint density at radius 3 is 2.44 bits per heavy atom. The molecule has 0 unspecified atom stereocenters. The molecule has 3 atom stereocenters. The van der Waals surface area contributed by atoms with Gasteiger partial charge in [0.25, 0.3) is 0 Å². The third-order valence-electron chi connectivity index (χ3n) is 5.65. The lowest BCUT2D eigenvalue weighted by Crippen LogP contribution is -2.54. The quantitative estimate of drug-likeness (QED) is 0.609. The van der Waals surface area contributed by atoms with Crippen molar-refractivity contribution < 1.29 is 14.7 Å². The number of carbonyl (C=O) groups is 2. The minimum atomic E-state index is -0.737. The number of likely N-dealkylation sites (tertiary alicyclic amines) is 1. The van der Waals surface area contributed by atoms with Gasteiger partial charge in [0.1, 0.15) is 6.04 Å². The van der Waals surface area contributed by atoms with Crippen molar-refractivity contribution in [2.75, 3.05) is 6.54 Å². The van der Waals surface area contributed by atoms with E-state index in [0.717, 1.165) is 26.7 Å². The zero-order valence-corrected chi connectivity index (χ0v) is 20.8. The normalized spacial score (nSPS) is 19.4. The van der Waals surface area contributed by atoms with E-state index in [1.807, 2.05) is 58.9 Å². The summed E-state index contributed by atoms with van der Waals surface area (Å²) in [4.78, 5) is 32.7. The number of β-amino-alcohol motifs (C(OH)–C–C–N with tert-alkyl or cyclic N) is 1. The SMILES string of the molecule is Cc1nc(C)c(-c2ccc(CNC(=O)[C@@H]3C[C@@H](O)CN3C(=O)[C@@H](N)C(C)(C)C)cc2)s1.Cl. The van der Waals surface area contributed by atoms with E-state index >= 15 is 0 Å². The highest BCUT2D eigenvalue weighted by Crippen LogP contribution is 2.30. The molecule has 7 nitrogen and oxygen atoms in total. The van der Waals surface area contributed by atoms with E-state index in [1.165, 1.54) is 4.90 Å². The van der Waals surface area contributed by atoms with Crippen LogP contribution in [0.2, 0.25) is 0 Å². The summed E-state index contributed by atoms with van der Waals surface area (Å²) in [5.41, 5.74) is 8.76. The first-order chi connectivity index (χ1) is 14.5. The second-order valence-corrected chi connectivity index (χ2v) is 10.5. The molecule has 1 aliphatic rings. The predicted molar refractivity (Wildman–Crippen MR) is 130 cm³/mol. The van der Waals surface area contributed by atoms with Crippen molar-refractivity contribution in [3.63, 3.8) is 0 Å². The van der Waals surface area contributed by atoms with Gasteiger partial charge in [-0.2, -0.15) is 0 Å². The fourth-order valence-corrected chi connectivity index (χ4v) is 4.66. The molecule has 2 heterocycles. The number of nitrogens with zero attached hydrogens (tertiary/aromatic N) is 2. The van der Waals surface area contributed by atoms with Crippen LogP contribution in [0.3, 0.4) is 0 Å². The highest BCUT2D eigenvalue weighted by atomic mass is 35.5. The average molecular weight is 481 g/mol. The Labute approximate surface area is 199 Å². The number of aromatic nitrogens is 1. The molecule has 3 rings (SSSR count). The molecule has 32 heavy (non-hydrogen) atoms. The molecule has 1 aliphatic heterocycles. The topological polar surface area (TPSA) is 109 Å². The zero-order valence-electron chi connectivity index (χ0n) is 19.2. The van der Waals surface area contributed by atoms with Crippen molar-refractivity contribution in [3.05, 3.63) is 40.5 Å². The summed E-state index contributed by atoms with van der Waals surface area (Å²) in [5.74, 6) is -0.576. The lowest BCUT2D eigenvalue weighted by molar-refractivity contribution is -0.141. The molecular weight excluding hydrogens is 448 g/mol. The summed E-state index contributed by atoms with van der Waals surface area (Å²) >= 11 is 1.66. The minimum absolute atomic E-state index is 0. The van der Waals surface area contributed by atoms with Crippen LogP contribution in [-0.4, -0.2) is 51.5 Å². The molecule has 1 fully saturated rings. The second kappa shape index (κ2) is 10.3. The molecule has 2 amide bonds. The Morgan fingerprint density at radius 2 is 1.91 bits per heavy atom. The molecule has 1 aromatic carbocycles. The maximum absolute atomic E-state index is 12.8. The van der Waals surface area contributed by atoms with Gasteiger partial charge in [-0.1, -0.05) is 45.0 Å². The number of carbonyl (C=O) groups excluding carboxylic acids is 2. The van der Waals surface area contributed by atoms with E-state index in [9.17, 15) is 14.7 Å². The second-order valence-electron chi connectivity index (χ2n) is 9.30. The van der Waals surface area contributed by atoms with Gasteiger partial charge in [0.15, 0.2) is 0 Å². The molecule has 0 aliphatic carbocycles. The van der Waals surface area contributed by atoms with Crippen LogP contribution in [0.1, 0.15) is 43.5 Å². The first-order valence-electron chi connectivity index (χ1n) is 10.5. The molecule has 0 spiro atoms. The molecular formula is C23H33ClN4O3S. The van der Waals surface area contributed by atoms with Crippen LogP contribution in [0, 0.1) is 19.3 Å². The molecule has 0 bridgehead atoms. The minimum Gasteiger partial charge on any atom is -0.391 e. The van der Waals surface area contributed by atoms with Crippen LogP contribution < -0.4 is 11.1 Å². The number of nitrogens with two attached hydrogens (primary N) is 1. The van der Waals surface area contributed by atoms with E-state index in [4.69, 9.17) is 5.73 Å². The summed E-state index contributed by atoms with van der Waals surface area (Å²) in [5, 5.41) is 14.0. The number of benzene rings is 1. The number of halogens is 1. The monoisotopic (exact) mass is 480 g/mol. The Hall–Kier alpha value is -2.00. The van der Waals surface area contributed by atoms with Gasteiger partial charge in [-0.3, -0.25) is 9.59 Å². The van der Waals surface area contributed by atoms with Crippen molar-refractivity contribution in [2.45, 2.75) is 65.8 Å². The van der Waals surface area contributed by atoms with Crippen molar-refractivity contribution in [1.82, 2.24) is 15.2 Å². The van der Waals surface area contributed by atoms with E-state index in [-0.39, 0.29) is 37.2 Å². The van der Waals surface area contributed by atoms with Crippen molar-refractivity contribution in [1.29, 1.82) is 0 Å². The fourth-order valence-electron chi connectivity index (χ4n) is 3.74. The standard InChI is InChI=1S/C23H32N4O3S.ClH/c1-13-19(31-14(2)26-13)16-8-6-15(7-9-16)11-25-21(29)18-10-17(28)12-27(18)22(30)20(24)23(3,4)5;/h6-9,17-18,20,28H,10-12,24H2,1-5H3,(H,25,29);1H/t17-,18+,20-;/m1./s1. The van der Waals surface area contributed by atoms with Gasteiger partial charge in [0.05, 0.1) is 27.7 Å². The molecule has 0 radical (unpaired) electrons. The zero-order chi connectivity index (χ0) is 22.9. The molecule has 4 N–H and O–H groups in total. The number of hydrogen-bond acceptors (Lipinski definition) is 6. The Morgan fingerprint density at radius 1 is 1.28 bits per heavy atom. The number of rotatable bonds is 5. The summed E-state index contributed by atoms with van der Waals surface area (Å²) in [6.45, 7) is 10.1. The molecule has 0 saturated carbocycles. The Balaban J connectivity index is 0.00000363. The largest absolute Gasteiger partial charge is 0.391 e. The first-order valence-corrected chi connectivity index (χ1v) is 11.3. The highest BCUT2D eigenvalue weighted by molar-refractivity contribution is 7.15. The third kappa shape index (κ3) is 5.86. The van der Waals surface area contributed by atoms with Crippen LogP contribution in [0.25, 0.3) is 10.4 Å². The van der Waals surface area contributed by atoms with Gasteiger partial charge in [-0.25, -0.2) is 4.98 Å². The molecule has 9 heteroatoms. The van der Waals surface area contributed by atoms with Crippen LogP contribution in [0.5, 0.6) is 0 Å². The lowest BCUT2D eigenvalue weighted by Gasteiger charge is -2.32. The van der Waals surface area contributed by atoms with Gasteiger partial charge in [-0.05, 0) is 30.4 Å². The fraction of sp³-hybridized carbons (Fsp3) is 0.522. The number of aliphatic hydroxyl groups excluding tert-OH is 1. The number of aryl methyl sites for hydroxylation is 2. The van der Waals surface area contributed by atoms with Crippen molar-refractivity contribution >= 4 is 35.6 Å². The summed E-state index contributed by atoms with van der Waals surface area (Å²) in [6.07, 6.45) is -0.505. The molecule has 2 aromatic rings. The first kappa shape index (κ1) is 26.3. The van der Waals surface area contributed by atoms with Crippen LogP contribution in [0.15, 0.2) is 24.3 Å². The molecule has 176 valence electrons. The average Bonchev–Trinajstić information content (AvgIpc) is 3.26. The van der Waals surface area contributed by atoms with Crippen molar-refractivity contribution in [3.8, 4) is 10.4 Å². The maximum Gasteiger partial charge on any atom is 0.243 e. The van der Waals surface area contributed by atoms with Gasteiger partial charge in [0.2, 0.25) is 11.8 Å². The summed E-state index contributed by atoms with van der Waals surface area (Å²) in [7, 11) is 0. The number of nitrogens with one attached hydrogen (secondary N) is 1. The number of hydrogen-bond donors (Lipinski definition) is 3. The van der Waals surface area contributed by atoms with E-state index < -0.39 is 23.6 Å². The van der Waals surface area contributed by atoms with Gasteiger partial charge < -0.3 is 21.1 Å². The lowest BCUT2D eigenvalue weighted by atomic mass is 9.86. The number of thiazole rings is 1. The van der Waals surface area contributed by atoms with E-state index in [0.29, 0.717) is 6.54 Å². The Bertz CT molecular complexity index is 955. The van der Waals surface area contributed by atoms with Crippen LogP contribution in [-0.2, 0) is 16.1 Å². The summed E-state index contributed by atoms with van der Waals surface area (Å²) in [6, 6.07) is 6.56. The van der Waals surface area contributed by atoms with Gasteiger partial charge in [-0.15, -0.1) is 23.7 Å². The van der Waals surface area contributed by atoms with Crippen LogP contribution >= 0.6 is 23.7 Å². The number of aliphatic hydroxyl groups is 1. The smallest absolute Gasteiger partial charge is 0.243 e. The maximum atomic E-state index is 12.8. The predicted octanol–water partition coefficient (Wildman–Crippen LogP) is 2.80. The van der Waals surface area contributed by atoms with E-state index in [2.05, 4.69) is 10.3 Å².